The lowest BCUT2D eigenvalue weighted by Gasteiger charge is -2.02. The van der Waals surface area contributed by atoms with Crippen molar-refractivity contribution in [3.05, 3.63) is 0 Å². The Balaban J connectivity index is 2.05. The second-order valence-electron chi connectivity index (χ2n) is 2.37. The third kappa shape index (κ3) is 2.33. The van der Waals surface area contributed by atoms with Gasteiger partial charge in [-0.15, -0.1) is 0 Å². The van der Waals surface area contributed by atoms with Gasteiger partial charge in [-0.3, -0.25) is 4.79 Å². The van der Waals surface area contributed by atoms with Gasteiger partial charge in [-0.25, -0.2) is 0 Å². The first kappa shape index (κ1) is 7.50. The first-order valence-corrected chi connectivity index (χ1v) is 3.21. The summed E-state index contributed by atoms with van der Waals surface area (Å²) in [5.41, 5.74) is 0. The highest BCUT2D eigenvalue weighted by atomic mass is 16.6. The van der Waals surface area contributed by atoms with E-state index in [9.17, 15) is 4.79 Å². The molecular formula is C6H10O4. The van der Waals surface area contributed by atoms with E-state index in [1.165, 1.54) is 0 Å². The van der Waals surface area contributed by atoms with Crippen LogP contribution in [0, 0.1) is 0 Å². The minimum Gasteiger partial charge on any atom is -0.481 e. The normalized spacial score (nSPS) is 25.9. The first-order chi connectivity index (χ1) is 4.70. The van der Waals surface area contributed by atoms with Gasteiger partial charge in [0.15, 0.2) is 0 Å². The summed E-state index contributed by atoms with van der Waals surface area (Å²) in [7, 11) is 0. The van der Waals surface area contributed by atoms with Crippen molar-refractivity contribution in [2.45, 2.75) is 25.0 Å². The van der Waals surface area contributed by atoms with Crippen molar-refractivity contribution in [2.75, 3.05) is 6.61 Å². The number of aliphatic hydroxyl groups is 1. The highest BCUT2D eigenvalue weighted by Gasteiger charge is 2.31. The van der Waals surface area contributed by atoms with Crippen LogP contribution in [0.15, 0.2) is 0 Å². The molecule has 1 rings (SSSR count). The minimum atomic E-state index is -0.875. The maximum Gasteiger partial charge on any atom is 0.303 e. The lowest BCUT2D eigenvalue weighted by Crippen LogP contribution is -2.15. The van der Waals surface area contributed by atoms with Crippen molar-refractivity contribution in [3.63, 3.8) is 0 Å². The Labute approximate surface area is 58.4 Å². The molecule has 4 nitrogen and oxygen atoms in total. The molecule has 2 atom stereocenters. The van der Waals surface area contributed by atoms with E-state index in [0.29, 0.717) is 13.0 Å². The highest BCUT2D eigenvalue weighted by molar-refractivity contribution is 5.66. The van der Waals surface area contributed by atoms with Crippen LogP contribution in [0.25, 0.3) is 0 Å². The van der Waals surface area contributed by atoms with Gasteiger partial charge < -0.3 is 14.9 Å². The number of ether oxygens (including phenoxy) is 1. The smallest absolute Gasteiger partial charge is 0.303 e. The van der Waals surface area contributed by atoms with Gasteiger partial charge in [-0.1, -0.05) is 0 Å². The third-order valence-corrected chi connectivity index (χ3v) is 1.44. The predicted molar refractivity (Wildman–Crippen MR) is 32.6 cm³/mol. The summed E-state index contributed by atoms with van der Waals surface area (Å²) >= 11 is 0. The topological polar surface area (TPSA) is 70.1 Å². The molecule has 1 saturated heterocycles. The van der Waals surface area contributed by atoms with Crippen LogP contribution in [-0.2, 0) is 9.53 Å². The van der Waals surface area contributed by atoms with Crippen LogP contribution in [0.4, 0.5) is 0 Å². The third-order valence-electron chi connectivity index (χ3n) is 1.44. The molecule has 0 spiro atoms. The molecule has 0 unspecified atom stereocenters. The maximum absolute atomic E-state index is 9.99. The molecule has 0 saturated carbocycles. The monoisotopic (exact) mass is 146 g/mol. The van der Waals surface area contributed by atoms with Crippen LogP contribution in [0.5, 0.6) is 0 Å². The molecule has 1 aliphatic heterocycles. The molecule has 0 aromatic carbocycles. The number of carboxylic acid groups (broad SMARTS) is 1. The molecule has 10 heavy (non-hydrogen) atoms. The fourth-order valence-electron chi connectivity index (χ4n) is 0.735. The van der Waals surface area contributed by atoms with E-state index < -0.39 is 12.1 Å². The summed E-state index contributed by atoms with van der Waals surface area (Å²) in [5, 5.41) is 17.3. The molecule has 0 aromatic heterocycles. The van der Waals surface area contributed by atoms with Gasteiger partial charge in [0, 0.05) is 6.42 Å². The fraction of sp³-hybridized carbons (Fsp3) is 0.833. The first-order valence-electron chi connectivity index (χ1n) is 3.21. The fourth-order valence-corrected chi connectivity index (χ4v) is 0.735. The summed E-state index contributed by atoms with van der Waals surface area (Å²) in [6.45, 7) is 0.570. The van der Waals surface area contributed by atoms with E-state index in [0.717, 1.165) is 0 Å². The van der Waals surface area contributed by atoms with Crippen molar-refractivity contribution in [1.82, 2.24) is 0 Å². The molecule has 4 heteroatoms. The van der Waals surface area contributed by atoms with Gasteiger partial charge in [-0.05, 0) is 6.42 Å². The molecule has 0 aromatic rings. The Hall–Kier alpha value is -0.610. The van der Waals surface area contributed by atoms with Gasteiger partial charge in [0.1, 0.15) is 6.10 Å². The number of rotatable bonds is 4. The zero-order chi connectivity index (χ0) is 7.56. The Morgan fingerprint density at radius 1 is 1.80 bits per heavy atom. The lowest BCUT2D eigenvalue weighted by atomic mass is 10.1. The average molecular weight is 146 g/mol. The van der Waals surface area contributed by atoms with Gasteiger partial charge in [-0.2, -0.15) is 0 Å². The van der Waals surface area contributed by atoms with Crippen LogP contribution in [0.2, 0.25) is 0 Å². The van der Waals surface area contributed by atoms with Gasteiger partial charge in [0.05, 0.1) is 12.7 Å². The highest BCUT2D eigenvalue weighted by Crippen LogP contribution is 2.17. The number of epoxide rings is 1. The predicted octanol–water partition coefficient (Wildman–Crippen LogP) is -0.389. The van der Waals surface area contributed by atoms with Crippen molar-refractivity contribution in [1.29, 1.82) is 0 Å². The Morgan fingerprint density at radius 2 is 2.40 bits per heavy atom. The van der Waals surface area contributed by atoms with E-state index in [1.807, 2.05) is 0 Å². The second-order valence-corrected chi connectivity index (χ2v) is 2.37. The number of aliphatic carboxylic acids is 1. The zero-order valence-corrected chi connectivity index (χ0v) is 5.49. The van der Waals surface area contributed by atoms with E-state index in [-0.39, 0.29) is 12.5 Å². The molecule has 58 valence electrons. The van der Waals surface area contributed by atoms with Crippen LogP contribution in [0.3, 0.4) is 0 Å². The van der Waals surface area contributed by atoms with Crippen LogP contribution in [0.1, 0.15) is 12.8 Å². The minimum absolute atomic E-state index is 0.0149. The molecule has 0 aliphatic carbocycles. The van der Waals surface area contributed by atoms with Gasteiger partial charge >= 0.3 is 5.97 Å². The van der Waals surface area contributed by atoms with Crippen LogP contribution < -0.4 is 0 Å². The van der Waals surface area contributed by atoms with Crippen LogP contribution >= 0.6 is 0 Å². The Morgan fingerprint density at radius 3 is 2.80 bits per heavy atom. The molecular weight excluding hydrogens is 136 g/mol. The Kier molecular flexibility index (Phi) is 2.24. The molecule has 0 radical (unpaired) electrons. The molecule has 2 N–H and O–H groups in total. The van der Waals surface area contributed by atoms with Gasteiger partial charge in [0.25, 0.3) is 0 Å². The maximum atomic E-state index is 9.99. The summed E-state index contributed by atoms with van der Waals surface area (Å²) in [6.07, 6.45) is -0.378. The van der Waals surface area contributed by atoms with Crippen molar-refractivity contribution >= 4 is 5.97 Å². The summed E-state index contributed by atoms with van der Waals surface area (Å²) in [5.74, 6) is -0.875. The Bertz CT molecular complexity index is 130. The van der Waals surface area contributed by atoms with E-state index in [4.69, 9.17) is 14.9 Å². The van der Waals surface area contributed by atoms with Gasteiger partial charge in [0.2, 0.25) is 0 Å². The molecule has 1 aliphatic rings. The summed E-state index contributed by atoms with van der Waals surface area (Å²) in [4.78, 5) is 9.99. The number of aliphatic hydroxyl groups excluding tert-OH is 1. The van der Waals surface area contributed by atoms with Crippen LogP contribution in [-0.4, -0.2) is 35.0 Å². The molecule has 1 heterocycles. The summed E-state index contributed by atoms with van der Waals surface area (Å²) < 4.78 is 4.76. The SMILES string of the molecule is O=C(O)CC[C@H](O)[C@H]1CO1. The average Bonchev–Trinajstić information content (AvgIpc) is 2.63. The molecule has 0 bridgehead atoms. The standard InChI is InChI=1S/C6H10O4/c7-4(5-3-10-5)1-2-6(8)9/h4-5,7H,1-3H2,(H,8,9)/t4-,5+/m0/s1. The van der Waals surface area contributed by atoms with E-state index in [2.05, 4.69) is 0 Å². The number of hydrogen-bond donors (Lipinski definition) is 2. The zero-order valence-electron chi connectivity index (χ0n) is 5.49. The van der Waals surface area contributed by atoms with Crippen molar-refractivity contribution in [2.24, 2.45) is 0 Å². The second kappa shape index (κ2) is 2.98. The number of hydrogen-bond acceptors (Lipinski definition) is 3. The van der Waals surface area contributed by atoms with E-state index >= 15 is 0 Å². The number of carbonyl (C=O) groups is 1. The quantitative estimate of drug-likeness (QED) is 0.530. The molecule has 0 amide bonds. The number of carboxylic acids is 1. The summed E-state index contributed by atoms with van der Waals surface area (Å²) in [6, 6.07) is 0. The van der Waals surface area contributed by atoms with E-state index in [1.54, 1.807) is 0 Å². The molecule has 1 fully saturated rings. The van der Waals surface area contributed by atoms with Crippen molar-refractivity contribution < 1.29 is 19.7 Å². The largest absolute Gasteiger partial charge is 0.481 e. The van der Waals surface area contributed by atoms with Crippen molar-refractivity contribution in [3.8, 4) is 0 Å². The lowest BCUT2D eigenvalue weighted by molar-refractivity contribution is -0.137.